The van der Waals surface area contributed by atoms with E-state index < -0.39 is 15.9 Å². The van der Waals surface area contributed by atoms with E-state index in [2.05, 4.69) is 5.32 Å². The van der Waals surface area contributed by atoms with Crippen LogP contribution in [0.3, 0.4) is 0 Å². The number of anilines is 1. The van der Waals surface area contributed by atoms with Gasteiger partial charge in [0, 0.05) is 24.7 Å². The van der Waals surface area contributed by atoms with E-state index >= 15 is 0 Å². The fourth-order valence-corrected chi connectivity index (χ4v) is 3.81. The molecule has 0 spiro atoms. The average Bonchev–Trinajstić information content (AvgIpc) is 2.70. The van der Waals surface area contributed by atoms with Crippen molar-refractivity contribution in [1.82, 2.24) is 4.31 Å². The highest BCUT2D eigenvalue weighted by Gasteiger charge is 2.21. The Kier molecular flexibility index (Phi) is 6.45. The molecule has 30 heavy (non-hydrogen) atoms. The van der Waals surface area contributed by atoms with Crippen molar-refractivity contribution in [3.05, 3.63) is 82.9 Å². The van der Waals surface area contributed by atoms with Gasteiger partial charge in [-0.3, -0.25) is 4.79 Å². The summed E-state index contributed by atoms with van der Waals surface area (Å²) in [4.78, 5) is 13.0. The molecule has 0 saturated heterocycles. The van der Waals surface area contributed by atoms with E-state index in [4.69, 9.17) is 16.3 Å². The molecular formula is C22H21ClN2O4S. The predicted octanol–water partition coefficient (Wildman–Crippen LogP) is 4.94. The van der Waals surface area contributed by atoms with Crippen LogP contribution in [0.25, 0.3) is 0 Å². The first-order valence-corrected chi connectivity index (χ1v) is 10.9. The number of carbonyl (C=O) groups is 1. The number of carbonyl (C=O) groups excluding carboxylic acids is 1. The van der Waals surface area contributed by atoms with Gasteiger partial charge in [0.15, 0.2) is 5.75 Å². The Hall–Kier alpha value is -2.87. The van der Waals surface area contributed by atoms with Crippen molar-refractivity contribution in [2.75, 3.05) is 19.4 Å². The molecule has 0 unspecified atom stereocenters. The van der Waals surface area contributed by atoms with Crippen LogP contribution in [0, 0.1) is 6.92 Å². The highest BCUT2D eigenvalue weighted by atomic mass is 35.5. The van der Waals surface area contributed by atoms with Gasteiger partial charge in [0.25, 0.3) is 5.91 Å². The lowest BCUT2D eigenvalue weighted by molar-refractivity contribution is 0.102. The second kappa shape index (κ2) is 8.87. The Morgan fingerprint density at radius 3 is 2.37 bits per heavy atom. The molecule has 0 aromatic heterocycles. The van der Waals surface area contributed by atoms with Crippen LogP contribution >= 0.6 is 11.6 Å². The lowest BCUT2D eigenvalue weighted by Gasteiger charge is -2.15. The molecule has 156 valence electrons. The van der Waals surface area contributed by atoms with E-state index in [1.807, 2.05) is 18.2 Å². The largest absolute Gasteiger partial charge is 0.455 e. The van der Waals surface area contributed by atoms with Gasteiger partial charge in [-0.1, -0.05) is 35.9 Å². The van der Waals surface area contributed by atoms with Crippen LogP contribution in [-0.4, -0.2) is 32.7 Å². The number of sulfonamides is 1. The quantitative estimate of drug-likeness (QED) is 0.584. The number of hydrogen-bond donors (Lipinski definition) is 1. The molecule has 0 aliphatic heterocycles. The number of amides is 1. The van der Waals surface area contributed by atoms with Gasteiger partial charge in [0.2, 0.25) is 10.0 Å². The normalized spacial score (nSPS) is 11.4. The van der Waals surface area contributed by atoms with E-state index in [0.29, 0.717) is 27.8 Å². The van der Waals surface area contributed by atoms with Crippen molar-refractivity contribution >= 4 is 33.2 Å². The fraction of sp³-hybridized carbons (Fsp3) is 0.136. The molecule has 0 radical (unpaired) electrons. The van der Waals surface area contributed by atoms with Crippen molar-refractivity contribution in [3.63, 3.8) is 0 Å². The molecule has 0 aliphatic rings. The second-order valence-electron chi connectivity index (χ2n) is 6.77. The van der Waals surface area contributed by atoms with Gasteiger partial charge >= 0.3 is 0 Å². The molecule has 8 heteroatoms. The molecule has 0 saturated carbocycles. The summed E-state index contributed by atoms with van der Waals surface area (Å²) >= 11 is 6.11. The summed E-state index contributed by atoms with van der Waals surface area (Å²) in [5.41, 5.74) is 1.25. The monoisotopic (exact) mass is 444 g/mol. The van der Waals surface area contributed by atoms with Gasteiger partial charge in [0.05, 0.1) is 10.6 Å². The van der Waals surface area contributed by atoms with E-state index in [-0.39, 0.29) is 10.5 Å². The third kappa shape index (κ3) is 4.81. The molecule has 3 aromatic carbocycles. The fourth-order valence-electron chi connectivity index (χ4n) is 2.71. The molecule has 0 fully saturated rings. The van der Waals surface area contributed by atoms with E-state index in [1.165, 1.54) is 26.2 Å². The number of nitrogens with zero attached hydrogens (tertiary/aromatic N) is 1. The average molecular weight is 445 g/mol. The van der Waals surface area contributed by atoms with Crippen LogP contribution in [0.1, 0.15) is 15.9 Å². The minimum atomic E-state index is -3.67. The van der Waals surface area contributed by atoms with Crippen molar-refractivity contribution in [2.45, 2.75) is 11.8 Å². The smallest absolute Gasteiger partial charge is 0.256 e. The molecular weight excluding hydrogens is 424 g/mol. The third-order valence-electron chi connectivity index (χ3n) is 4.39. The number of benzene rings is 3. The Labute approximate surface area is 181 Å². The molecule has 3 rings (SSSR count). The lowest BCUT2D eigenvalue weighted by Crippen LogP contribution is -2.23. The molecule has 6 nitrogen and oxygen atoms in total. The molecule has 0 heterocycles. The first kappa shape index (κ1) is 21.8. The Bertz CT molecular complexity index is 1180. The molecule has 3 aromatic rings. The number of hydrogen-bond acceptors (Lipinski definition) is 4. The van der Waals surface area contributed by atoms with Crippen LogP contribution in [0.4, 0.5) is 5.69 Å². The molecule has 1 amide bonds. The molecule has 0 atom stereocenters. The van der Waals surface area contributed by atoms with Crippen molar-refractivity contribution < 1.29 is 17.9 Å². The SMILES string of the molecule is Cc1ccc(S(=O)(=O)N(C)C)cc1C(=O)Nc1cc(Cl)ccc1Oc1ccccc1. The highest BCUT2D eigenvalue weighted by Crippen LogP contribution is 2.32. The lowest BCUT2D eigenvalue weighted by atomic mass is 10.1. The van der Waals surface area contributed by atoms with Gasteiger partial charge < -0.3 is 10.1 Å². The maximum absolute atomic E-state index is 13.0. The number of nitrogens with one attached hydrogen (secondary N) is 1. The van der Waals surface area contributed by atoms with Gasteiger partial charge in [0.1, 0.15) is 5.75 Å². The molecule has 0 aliphatic carbocycles. The minimum Gasteiger partial charge on any atom is -0.455 e. The maximum atomic E-state index is 13.0. The summed E-state index contributed by atoms with van der Waals surface area (Å²) in [5.74, 6) is 0.544. The number of halogens is 1. The van der Waals surface area contributed by atoms with Crippen molar-refractivity contribution in [1.29, 1.82) is 0 Å². The zero-order chi connectivity index (χ0) is 21.9. The molecule has 0 bridgehead atoms. The van der Waals surface area contributed by atoms with Gasteiger partial charge in [-0.2, -0.15) is 0 Å². The minimum absolute atomic E-state index is 0.0371. The van der Waals surface area contributed by atoms with Gasteiger partial charge in [-0.25, -0.2) is 12.7 Å². The first-order valence-electron chi connectivity index (χ1n) is 9.05. The van der Waals surface area contributed by atoms with E-state index in [0.717, 1.165) is 4.31 Å². The summed E-state index contributed by atoms with van der Waals surface area (Å²) in [6, 6.07) is 18.5. The van der Waals surface area contributed by atoms with Crippen molar-refractivity contribution in [3.8, 4) is 11.5 Å². The van der Waals surface area contributed by atoms with Gasteiger partial charge in [-0.05, 0) is 55.0 Å². The summed E-state index contributed by atoms with van der Waals surface area (Å²) < 4.78 is 31.8. The first-order chi connectivity index (χ1) is 14.2. The van der Waals surface area contributed by atoms with Crippen LogP contribution in [0.2, 0.25) is 5.02 Å². The topological polar surface area (TPSA) is 75.7 Å². The van der Waals surface area contributed by atoms with E-state index in [1.54, 1.807) is 43.3 Å². The summed E-state index contributed by atoms with van der Waals surface area (Å²) in [7, 11) is -0.793. The number of aryl methyl sites for hydroxylation is 1. The standard InChI is InChI=1S/C22H21ClN2O4S/c1-15-9-11-18(30(27,28)25(2)3)14-19(15)22(26)24-20-13-16(23)10-12-21(20)29-17-7-5-4-6-8-17/h4-14H,1-3H3,(H,24,26). The molecule has 1 N–H and O–H groups in total. The zero-order valence-corrected chi connectivity index (χ0v) is 18.3. The van der Waals surface area contributed by atoms with Crippen LogP contribution in [0.15, 0.2) is 71.6 Å². The highest BCUT2D eigenvalue weighted by molar-refractivity contribution is 7.89. The summed E-state index contributed by atoms with van der Waals surface area (Å²) in [6.07, 6.45) is 0. The number of ether oxygens (including phenoxy) is 1. The van der Waals surface area contributed by atoms with E-state index in [9.17, 15) is 13.2 Å². The second-order valence-corrected chi connectivity index (χ2v) is 9.36. The number of rotatable bonds is 6. The summed E-state index contributed by atoms with van der Waals surface area (Å²) in [6.45, 7) is 1.74. The predicted molar refractivity (Wildman–Crippen MR) is 118 cm³/mol. The van der Waals surface area contributed by atoms with Crippen LogP contribution in [-0.2, 0) is 10.0 Å². The van der Waals surface area contributed by atoms with Gasteiger partial charge in [-0.15, -0.1) is 0 Å². The maximum Gasteiger partial charge on any atom is 0.256 e. The zero-order valence-electron chi connectivity index (χ0n) is 16.7. The van der Waals surface area contributed by atoms with Crippen LogP contribution in [0.5, 0.6) is 11.5 Å². The third-order valence-corrected chi connectivity index (χ3v) is 6.44. The summed E-state index contributed by atoms with van der Waals surface area (Å²) in [5, 5.41) is 3.20. The number of para-hydroxylation sites is 1. The Morgan fingerprint density at radius 2 is 1.70 bits per heavy atom. The van der Waals surface area contributed by atoms with Crippen molar-refractivity contribution in [2.24, 2.45) is 0 Å². The Balaban J connectivity index is 1.94. The van der Waals surface area contributed by atoms with Crippen LogP contribution < -0.4 is 10.1 Å². The Morgan fingerprint density at radius 1 is 1.00 bits per heavy atom.